The Morgan fingerprint density at radius 3 is 1.61 bits per heavy atom. The molecule has 18 heavy (non-hydrogen) atoms. The van der Waals surface area contributed by atoms with Crippen LogP contribution in [0.5, 0.6) is 0 Å². The van der Waals surface area contributed by atoms with Crippen molar-refractivity contribution in [2.24, 2.45) is 0 Å². The summed E-state index contributed by atoms with van der Waals surface area (Å²) in [6, 6.07) is 15.9. The Kier molecular flexibility index (Phi) is 2.30. The van der Waals surface area contributed by atoms with Crippen molar-refractivity contribution in [1.29, 1.82) is 0 Å². The molecule has 1 aliphatic carbocycles. The fraction of sp³-hybridized carbons (Fsp3) is 0.0625. The van der Waals surface area contributed by atoms with Crippen molar-refractivity contribution in [3.05, 3.63) is 65.2 Å². The quantitative estimate of drug-likeness (QED) is 0.656. The predicted molar refractivity (Wildman–Crippen MR) is 71.2 cm³/mol. The first kappa shape index (κ1) is 10.8. The Hall–Kier alpha value is -2.35. The van der Waals surface area contributed by atoms with Gasteiger partial charge in [0.25, 0.3) is 0 Å². The Morgan fingerprint density at radius 1 is 0.833 bits per heavy atom. The van der Waals surface area contributed by atoms with Crippen LogP contribution in [0.25, 0.3) is 16.7 Å². The van der Waals surface area contributed by atoms with Crippen molar-refractivity contribution >= 4 is 11.5 Å². The van der Waals surface area contributed by atoms with Gasteiger partial charge in [0.15, 0.2) is 0 Å². The number of carbonyl (C=O) groups is 1. The molecule has 0 amide bonds. The molecule has 88 valence electrons. The Labute approximate surface area is 105 Å². The van der Waals surface area contributed by atoms with Crippen molar-refractivity contribution < 1.29 is 9.90 Å². The molecule has 2 nitrogen and oxygen atoms in total. The van der Waals surface area contributed by atoms with E-state index in [1.807, 2.05) is 48.5 Å². The molecule has 1 aliphatic rings. The third-order valence-electron chi connectivity index (χ3n) is 3.38. The molecule has 0 atom stereocenters. The van der Waals surface area contributed by atoms with E-state index in [4.69, 9.17) is 0 Å². The number of carboxylic acid groups (broad SMARTS) is 1. The summed E-state index contributed by atoms with van der Waals surface area (Å²) < 4.78 is 0. The number of benzene rings is 2. The summed E-state index contributed by atoms with van der Waals surface area (Å²) >= 11 is 0. The monoisotopic (exact) mass is 236 g/mol. The van der Waals surface area contributed by atoms with Crippen LogP contribution in [0, 0.1) is 0 Å². The zero-order chi connectivity index (χ0) is 12.7. The van der Waals surface area contributed by atoms with Crippen LogP contribution >= 0.6 is 0 Å². The van der Waals surface area contributed by atoms with Crippen LogP contribution in [0.3, 0.4) is 0 Å². The van der Waals surface area contributed by atoms with Gasteiger partial charge in [-0.25, -0.2) is 4.79 Å². The summed E-state index contributed by atoms with van der Waals surface area (Å²) in [7, 11) is 0. The van der Waals surface area contributed by atoms with Gasteiger partial charge in [0.2, 0.25) is 0 Å². The molecule has 2 heteroatoms. The number of fused-ring (bicyclic) bond motifs is 3. The topological polar surface area (TPSA) is 37.3 Å². The van der Waals surface area contributed by atoms with E-state index in [1.165, 1.54) is 0 Å². The minimum absolute atomic E-state index is 0.396. The molecule has 0 heterocycles. The highest BCUT2D eigenvalue weighted by atomic mass is 16.4. The first-order chi connectivity index (χ1) is 8.70. The second-order valence-corrected chi connectivity index (χ2v) is 4.40. The first-order valence-electron chi connectivity index (χ1n) is 5.83. The molecule has 2 aromatic rings. The molecule has 1 N–H and O–H groups in total. The molecule has 0 bridgehead atoms. The Bertz CT molecular complexity index is 634. The van der Waals surface area contributed by atoms with Gasteiger partial charge in [0.1, 0.15) is 0 Å². The molecule has 0 saturated heterocycles. The average Bonchev–Trinajstić information content (AvgIpc) is 2.72. The van der Waals surface area contributed by atoms with Crippen LogP contribution < -0.4 is 0 Å². The average molecular weight is 236 g/mol. The summed E-state index contributed by atoms with van der Waals surface area (Å²) in [6.45, 7) is 1.66. The van der Waals surface area contributed by atoms with Crippen LogP contribution in [0.4, 0.5) is 0 Å². The highest BCUT2D eigenvalue weighted by Crippen LogP contribution is 2.45. The normalized spacial score (nSPS) is 11.9. The van der Waals surface area contributed by atoms with Gasteiger partial charge in [-0.1, -0.05) is 48.5 Å². The lowest BCUT2D eigenvalue weighted by Crippen LogP contribution is -2.00. The number of aliphatic carboxylic acids is 1. The van der Waals surface area contributed by atoms with E-state index in [-0.39, 0.29) is 0 Å². The highest BCUT2D eigenvalue weighted by molar-refractivity contribution is 6.09. The maximum Gasteiger partial charge on any atom is 0.331 e. The molecule has 0 aliphatic heterocycles. The van der Waals surface area contributed by atoms with Crippen LogP contribution in [0.2, 0.25) is 0 Å². The van der Waals surface area contributed by atoms with Crippen LogP contribution in [-0.4, -0.2) is 11.1 Å². The van der Waals surface area contributed by atoms with E-state index < -0.39 is 5.97 Å². The molecule has 0 unspecified atom stereocenters. The van der Waals surface area contributed by atoms with Gasteiger partial charge in [0, 0.05) is 11.1 Å². The van der Waals surface area contributed by atoms with Crippen LogP contribution in [0.1, 0.15) is 18.1 Å². The standard InChI is InChI=1S/C16H12O2/c1-10(16(17)18)15-13-8-4-2-6-11(13)12-7-3-5-9-14(12)15/h2-9H,1H3,(H,17,18). The van der Waals surface area contributed by atoms with Crippen LogP contribution in [-0.2, 0) is 4.79 Å². The molecular weight excluding hydrogens is 224 g/mol. The molecule has 2 aromatic carbocycles. The van der Waals surface area contributed by atoms with Gasteiger partial charge in [0.05, 0.1) is 0 Å². The molecule has 0 aromatic heterocycles. The minimum atomic E-state index is -0.864. The summed E-state index contributed by atoms with van der Waals surface area (Å²) in [6.07, 6.45) is 0. The fourth-order valence-corrected chi connectivity index (χ4v) is 2.53. The summed E-state index contributed by atoms with van der Waals surface area (Å²) in [4.78, 5) is 11.2. The van der Waals surface area contributed by atoms with Crippen molar-refractivity contribution in [3.8, 4) is 11.1 Å². The fourth-order valence-electron chi connectivity index (χ4n) is 2.53. The number of hydrogen-bond acceptors (Lipinski definition) is 1. The van der Waals surface area contributed by atoms with E-state index in [2.05, 4.69) is 0 Å². The SMILES string of the molecule is CC(C(=O)O)=C1c2ccccc2-c2ccccc21. The van der Waals surface area contributed by atoms with E-state index in [0.717, 1.165) is 27.8 Å². The van der Waals surface area contributed by atoms with E-state index in [9.17, 15) is 9.90 Å². The second-order valence-electron chi connectivity index (χ2n) is 4.40. The van der Waals surface area contributed by atoms with Gasteiger partial charge in [-0.3, -0.25) is 0 Å². The Balaban J connectivity index is 2.42. The second kappa shape index (κ2) is 3.84. The van der Waals surface area contributed by atoms with Gasteiger partial charge < -0.3 is 5.11 Å². The van der Waals surface area contributed by atoms with E-state index in [1.54, 1.807) is 6.92 Å². The lowest BCUT2D eigenvalue weighted by molar-refractivity contribution is -0.132. The molecule has 0 saturated carbocycles. The van der Waals surface area contributed by atoms with Gasteiger partial charge in [-0.05, 0) is 29.2 Å². The number of rotatable bonds is 1. The van der Waals surface area contributed by atoms with E-state index >= 15 is 0 Å². The maximum absolute atomic E-state index is 11.2. The largest absolute Gasteiger partial charge is 0.478 e. The lowest BCUT2D eigenvalue weighted by atomic mass is 9.99. The molecular formula is C16H12O2. The van der Waals surface area contributed by atoms with Crippen molar-refractivity contribution in [3.63, 3.8) is 0 Å². The van der Waals surface area contributed by atoms with Gasteiger partial charge in [-0.15, -0.1) is 0 Å². The van der Waals surface area contributed by atoms with Crippen molar-refractivity contribution in [1.82, 2.24) is 0 Å². The molecule has 0 spiro atoms. The summed E-state index contributed by atoms with van der Waals surface area (Å²) in [5, 5.41) is 9.24. The molecule has 0 fully saturated rings. The lowest BCUT2D eigenvalue weighted by Gasteiger charge is -2.05. The Morgan fingerprint density at radius 2 is 1.22 bits per heavy atom. The van der Waals surface area contributed by atoms with Crippen LogP contribution in [0.15, 0.2) is 54.1 Å². The van der Waals surface area contributed by atoms with E-state index in [0.29, 0.717) is 5.57 Å². The van der Waals surface area contributed by atoms with Gasteiger partial charge in [-0.2, -0.15) is 0 Å². The molecule has 0 radical (unpaired) electrons. The predicted octanol–water partition coefficient (Wildman–Crippen LogP) is 3.57. The third-order valence-corrected chi connectivity index (χ3v) is 3.38. The zero-order valence-electron chi connectivity index (χ0n) is 9.97. The molecule has 3 rings (SSSR count). The summed E-state index contributed by atoms with van der Waals surface area (Å²) in [5.41, 5.74) is 5.49. The van der Waals surface area contributed by atoms with Gasteiger partial charge >= 0.3 is 5.97 Å². The smallest absolute Gasteiger partial charge is 0.331 e. The highest BCUT2D eigenvalue weighted by Gasteiger charge is 2.25. The summed E-state index contributed by atoms with van der Waals surface area (Å²) in [5.74, 6) is -0.864. The first-order valence-corrected chi connectivity index (χ1v) is 5.83. The van der Waals surface area contributed by atoms with Crippen molar-refractivity contribution in [2.45, 2.75) is 6.92 Å². The zero-order valence-corrected chi connectivity index (χ0v) is 9.97. The van der Waals surface area contributed by atoms with Crippen molar-refractivity contribution in [2.75, 3.05) is 0 Å². The number of carboxylic acids is 1. The maximum atomic E-state index is 11.2. The minimum Gasteiger partial charge on any atom is -0.478 e. The third kappa shape index (κ3) is 1.39. The number of hydrogen-bond donors (Lipinski definition) is 1.